The summed E-state index contributed by atoms with van der Waals surface area (Å²) in [5.41, 5.74) is 0. The first-order chi connectivity index (χ1) is 12.1. The van der Waals surface area contributed by atoms with Crippen molar-refractivity contribution in [3.05, 3.63) is 44.8 Å². The molecule has 1 aliphatic heterocycles. The molecule has 7 heteroatoms. The molecule has 3 heterocycles. The first kappa shape index (κ1) is 18.1. The Morgan fingerprint density at radius 3 is 2.44 bits per heavy atom. The van der Waals surface area contributed by atoms with Crippen LogP contribution in [0.2, 0.25) is 0 Å². The maximum atomic E-state index is 12.7. The average molecular weight is 378 g/mol. The third-order valence-corrected chi connectivity index (χ3v) is 6.17. The van der Waals surface area contributed by atoms with Crippen LogP contribution in [0.15, 0.2) is 35.0 Å². The predicted molar refractivity (Wildman–Crippen MR) is 102 cm³/mol. The minimum Gasteiger partial charge on any atom is -0.348 e. The van der Waals surface area contributed by atoms with Crippen molar-refractivity contribution >= 4 is 34.5 Å². The Balaban J connectivity index is 1.52. The van der Waals surface area contributed by atoms with Gasteiger partial charge in [0.25, 0.3) is 0 Å². The van der Waals surface area contributed by atoms with Crippen molar-refractivity contribution in [1.82, 2.24) is 15.1 Å². The molecule has 0 aliphatic carbocycles. The molecule has 1 N–H and O–H groups in total. The van der Waals surface area contributed by atoms with Crippen LogP contribution in [-0.4, -0.2) is 47.8 Å². The normalized spacial score (nSPS) is 16.6. The molecule has 25 heavy (non-hydrogen) atoms. The molecule has 1 atom stereocenters. The van der Waals surface area contributed by atoms with Crippen LogP contribution in [0, 0.1) is 0 Å². The SMILES string of the molecule is CC(=O)N[C@H](CC(=O)N1CCN(Cc2cccs2)CC1)c1cccs1. The average Bonchev–Trinajstić information content (AvgIpc) is 3.28. The van der Waals surface area contributed by atoms with Gasteiger partial charge in [0.1, 0.15) is 0 Å². The highest BCUT2D eigenvalue weighted by atomic mass is 32.1. The van der Waals surface area contributed by atoms with Gasteiger partial charge in [0.05, 0.1) is 12.5 Å². The van der Waals surface area contributed by atoms with Crippen molar-refractivity contribution in [2.24, 2.45) is 0 Å². The van der Waals surface area contributed by atoms with Gasteiger partial charge < -0.3 is 10.2 Å². The summed E-state index contributed by atoms with van der Waals surface area (Å²) >= 11 is 3.35. The van der Waals surface area contributed by atoms with Crippen molar-refractivity contribution in [3.8, 4) is 0 Å². The molecule has 1 saturated heterocycles. The Labute approximate surface area is 156 Å². The van der Waals surface area contributed by atoms with E-state index in [2.05, 4.69) is 27.7 Å². The molecule has 0 radical (unpaired) electrons. The summed E-state index contributed by atoms with van der Waals surface area (Å²) in [6, 6.07) is 7.92. The van der Waals surface area contributed by atoms with Gasteiger partial charge in [0, 0.05) is 49.4 Å². The third-order valence-electron chi connectivity index (χ3n) is 4.33. The van der Waals surface area contributed by atoms with E-state index in [9.17, 15) is 9.59 Å². The molecule has 134 valence electrons. The molecule has 2 amide bonds. The zero-order valence-corrected chi connectivity index (χ0v) is 15.9. The van der Waals surface area contributed by atoms with E-state index < -0.39 is 0 Å². The fraction of sp³-hybridized carbons (Fsp3) is 0.444. The number of carbonyl (C=O) groups is 2. The summed E-state index contributed by atoms with van der Waals surface area (Å²) in [5.74, 6) is 0.00916. The molecule has 5 nitrogen and oxygen atoms in total. The maximum Gasteiger partial charge on any atom is 0.225 e. The number of hydrogen-bond donors (Lipinski definition) is 1. The summed E-state index contributed by atoms with van der Waals surface area (Å²) in [7, 11) is 0. The smallest absolute Gasteiger partial charge is 0.225 e. The highest BCUT2D eigenvalue weighted by Crippen LogP contribution is 2.23. The molecule has 3 rings (SSSR count). The first-order valence-corrected chi connectivity index (χ1v) is 10.2. The minimum atomic E-state index is -0.228. The van der Waals surface area contributed by atoms with Crippen LogP contribution in [0.3, 0.4) is 0 Å². The van der Waals surface area contributed by atoms with Crippen molar-refractivity contribution in [2.75, 3.05) is 26.2 Å². The van der Waals surface area contributed by atoms with E-state index in [1.807, 2.05) is 22.4 Å². The standard InChI is InChI=1S/C18H23N3O2S2/c1-14(22)19-16(17-5-3-11-25-17)12-18(23)21-8-6-20(7-9-21)13-15-4-2-10-24-15/h2-5,10-11,16H,6-9,12-13H2,1H3,(H,19,22)/t16-/m1/s1. The number of carbonyl (C=O) groups excluding carboxylic acids is 2. The topological polar surface area (TPSA) is 52.7 Å². The van der Waals surface area contributed by atoms with Gasteiger partial charge in [-0.25, -0.2) is 0 Å². The fourth-order valence-electron chi connectivity index (χ4n) is 3.04. The van der Waals surface area contributed by atoms with Crippen LogP contribution in [0.4, 0.5) is 0 Å². The van der Waals surface area contributed by atoms with Crippen LogP contribution in [0.1, 0.15) is 29.1 Å². The van der Waals surface area contributed by atoms with Crippen molar-refractivity contribution < 1.29 is 9.59 Å². The third kappa shape index (κ3) is 5.14. The van der Waals surface area contributed by atoms with E-state index in [4.69, 9.17) is 0 Å². The number of rotatable bonds is 6. The lowest BCUT2D eigenvalue weighted by molar-refractivity contribution is -0.133. The van der Waals surface area contributed by atoms with Gasteiger partial charge in [-0.05, 0) is 22.9 Å². The molecule has 0 aromatic carbocycles. The Morgan fingerprint density at radius 2 is 1.84 bits per heavy atom. The fourth-order valence-corrected chi connectivity index (χ4v) is 4.56. The molecule has 2 aromatic rings. The zero-order chi connectivity index (χ0) is 17.6. The van der Waals surface area contributed by atoms with Gasteiger partial charge in [0.15, 0.2) is 0 Å². The van der Waals surface area contributed by atoms with E-state index >= 15 is 0 Å². The summed E-state index contributed by atoms with van der Waals surface area (Å²) < 4.78 is 0. The quantitative estimate of drug-likeness (QED) is 0.842. The van der Waals surface area contributed by atoms with Crippen LogP contribution < -0.4 is 5.32 Å². The Hall–Kier alpha value is -1.70. The van der Waals surface area contributed by atoms with E-state index in [1.54, 1.807) is 22.7 Å². The van der Waals surface area contributed by atoms with Gasteiger partial charge in [-0.2, -0.15) is 0 Å². The van der Waals surface area contributed by atoms with Crippen LogP contribution in [0.25, 0.3) is 0 Å². The molecular formula is C18H23N3O2S2. The van der Waals surface area contributed by atoms with E-state index in [0.29, 0.717) is 6.42 Å². The van der Waals surface area contributed by atoms with Crippen LogP contribution in [0.5, 0.6) is 0 Å². The largest absolute Gasteiger partial charge is 0.348 e. The first-order valence-electron chi connectivity index (χ1n) is 8.45. The monoisotopic (exact) mass is 377 g/mol. The Bertz CT molecular complexity index is 677. The molecule has 1 fully saturated rings. The number of thiophene rings is 2. The van der Waals surface area contributed by atoms with Gasteiger partial charge in [0.2, 0.25) is 11.8 Å². The second-order valence-corrected chi connectivity index (χ2v) is 8.22. The van der Waals surface area contributed by atoms with Crippen LogP contribution in [-0.2, 0) is 16.1 Å². The predicted octanol–water partition coefficient (Wildman–Crippen LogP) is 2.72. The number of amides is 2. The second kappa shape index (κ2) is 8.60. The van der Waals surface area contributed by atoms with E-state index in [-0.39, 0.29) is 17.9 Å². The summed E-state index contributed by atoms with van der Waals surface area (Å²) in [4.78, 5) is 30.8. The number of hydrogen-bond acceptors (Lipinski definition) is 5. The van der Waals surface area contributed by atoms with Crippen molar-refractivity contribution in [3.63, 3.8) is 0 Å². The summed E-state index contributed by atoms with van der Waals surface area (Å²) in [6.07, 6.45) is 0.324. The minimum absolute atomic E-state index is 0.105. The van der Waals surface area contributed by atoms with Gasteiger partial charge >= 0.3 is 0 Å². The lowest BCUT2D eigenvalue weighted by atomic mass is 10.1. The molecule has 1 aliphatic rings. The van der Waals surface area contributed by atoms with Gasteiger partial charge in [-0.3, -0.25) is 14.5 Å². The van der Waals surface area contributed by atoms with E-state index in [1.165, 1.54) is 11.8 Å². The maximum absolute atomic E-state index is 12.7. The van der Waals surface area contributed by atoms with Crippen molar-refractivity contribution in [1.29, 1.82) is 0 Å². The molecule has 0 unspecified atom stereocenters. The number of nitrogens with zero attached hydrogens (tertiary/aromatic N) is 2. The number of piperazine rings is 1. The Kier molecular flexibility index (Phi) is 6.23. The zero-order valence-electron chi connectivity index (χ0n) is 14.3. The summed E-state index contributed by atoms with van der Waals surface area (Å²) in [5, 5.41) is 6.97. The lowest BCUT2D eigenvalue weighted by Crippen LogP contribution is -2.48. The van der Waals surface area contributed by atoms with Gasteiger partial charge in [-0.15, -0.1) is 22.7 Å². The summed E-state index contributed by atoms with van der Waals surface area (Å²) in [6.45, 7) is 5.75. The molecule has 0 spiro atoms. The lowest BCUT2D eigenvalue weighted by Gasteiger charge is -2.35. The molecule has 0 bridgehead atoms. The van der Waals surface area contributed by atoms with Crippen molar-refractivity contribution in [2.45, 2.75) is 25.9 Å². The van der Waals surface area contributed by atoms with E-state index in [0.717, 1.165) is 37.6 Å². The molecule has 2 aromatic heterocycles. The highest BCUT2D eigenvalue weighted by molar-refractivity contribution is 7.10. The number of nitrogens with one attached hydrogen (secondary N) is 1. The second-order valence-electron chi connectivity index (χ2n) is 6.21. The van der Waals surface area contributed by atoms with Crippen LogP contribution >= 0.6 is 22.7 Å². The molecular weight excluding hydrogens is 354 g/mol. The molecule has 0 saturated carbocycles. The van der Waals surface area contributed by atoms with Gasteiger partial charge in [-0.1, -0.05) is 12.1 Å². The Morgan fingerprint density at radius 1 is 1.12 bits per heavy atom. The highest BCUT2D eigenvalue weighted by Gasteiger charge is 2.25.